The summed E-state index contributed by atoms with van der Waals surface area (Å²) < 4.78 is 1.64. The van der Waals surface area contributed by atoms with Gasteiger partial charge in [0, 0.05) is 18.8 Å². The summed E-state index contributed by atoms with van der Waals surface area (Å²) in [6.45, 7) is 0.349. The molecule has 0 aromatic carbocycles. The Labute approximate surface area is 104 Å². The zero-order valence-electron chi connectivity index (χ0n) is 9.67. The number of nitrogens with zero attached hydrogens (tertiary/aromatic N) is 2. The van der Waals surface area contributed by atoms with E-state index in [2.05, 4.69) is 16.2 Å². The van der Waals surface area contributed by atoms with Crippen molar-refractivity contribution in [3.8, 4) is 18.1 Å². The van der Waals surface area contributed by atoms with Gasteiger partial charge in [0.2, 0.25) is 0 Å². The topological polar surface area (TPSA) is 95.8 Å². The van der Waals surface area contributed by atoms with E-state index in [1.807, 2.05) is 0 Å². The van der Waals surface area contributed by atoms with E-state index in [0.717, 1.165) is 0 Å². The second-order valence-electron chi connectivity index (χ2n) is 3.80. The maximum atomic E-state index is 9.59. The fraction of sp³-hybridized carbons (Fsp3) is 0.250. The van der Waals surface area contributed by atoms with E-state index in [9.17, 15) is 5.11 Å². The summed E-state index contributed by atoms with van der Waals surface area (Å²) in [5, 5.41) is 21.4. The molecule has 0 unspecified atom stereocenters. The summed E-state index contributed by atoms with van der Waals surface area (Å²) in [6, 6.07) is 0.945. The number of aromatic hydroxyl groups is 1. The number of hydrogen-bond acceptors (Lipinski definition) is 5. The number of rotatable bonds is 4. The van der Waals surface area contributed by atoms with Crippen molar-refractivity contribution in [3.05, 3.63) is 24.2 Å². The molecular weight excluding hydrogens is 232 g/mol. The Bertz CT molecular complexity index is 600. The molecule has 0 aliphatic carbocycles. The third kappa shape index (κ3) is 2.22. The van der Waals surface area contributed by atoms with Crippen LogP contribution in [0.4, 0.5) is 5.69 Å². The van der Waals surface area contributed by atoms with Crippen LogP contribution in [-0.2, 0) is 0 Å². The van der Waals surface area contributed by atoms with Crippen LogP contribution in [0.5, 0.6) is 5.75 Å². The Morgan fingerprint density at radius 3 is 3.00 bits per heavy atom. The summed E-state index contributed by atoms with van der Waals surface area (Å²) in [6.07, 6.45) is 8.44. The third-order valence-corrected chi connectivity index (χ3v) is 2.48. The molecular formula is C12H14N4O2. The highest BCUT2D eigenvalue weighted by atomic mass is 16.3. The molecule has 6 nitrogen and oxygen atoms in total. The predicted octanol–water partition coefficient (Wildman–Crippen LogP) is 0.0771. The molecule has 2 aromatic rings. The van der Waals surface area contributed by atoms with Gasteiger partial charge in [0.1, 0.15) is 11.8 Å². The number of aliphatic hydroxyl groups excluding tert-OH is 1. The van der Waals surface area contributed by atoms with Crippen LogP contribution in [0.15, 0.2) is 18.5 Å². The van der Waals surface area contributed by atoms with Crippen LogP contribution >= 0.6 is 0 Å². The second-order valence-corrected chi connectivity index (χ2v) is 3.80. The average molecular weight is 246 g/mol. The summed E-state index contributed by atoms with van der Waals surface area (Å²) in [5.74, 6) is 2.48. The van der Waals surface area contributed by atoms with Gasteiger partial charge in [-0.15, -0.1) is 6.42 Å². The average Bonchev–Trinajstić information content (AvgIpc) is 2.78. The largest absolute Gasteiger partial charge is 0.506 e. The molecule has 0 aliphatic heterocycles. The number of fused-ring (bicyclic) bond motifs is 1. The first-order valence-electron chi connectivity index (χ1n) is 5.43. The van der Waals surface area contributed by atoms with Gasteiger partial charge in [0.05, 0.1) is 24.2 Å². The maximum absolute atomic E-state index is 9.59. The minimum absolute atomic E-state index is 0.0146. The maximum Gasteiger partial charge on any atom is 0.160 e. The first-order valence-corrected chi connectivity index (χ1v) is 5.43. The number of aliphatic hydroxyl groups is 1. The molecule has 0 amide bonds. The number of nitrogens with two attached hydrogens (primary N) is 1. The van der Waals surface area contributed by atoms with Gasteiger partial charge in [-0.05, 0) is 0 Å². The molecule has 0 saturated heterocycles. The normalized spacial score (nSPS) is 12.3. The van der Waals surface area contributed by atoms with Gasteiger partial charge < -0.3 is 25.7 Å². The lowest BCUT2D eigenvalue weighted by Gasteiger charge is -2.06. The molecule has 0 saturated carbocycles. The van der Waals surface area contributed by atoms with Crippen LogP contribution < -0.4 is 11.1 Å². The molecule has 0 aliphatic rings. The molecule has 0 fully saturated rings. The summed E-state index contributed by atoms with van der Waals surface area (Å²) >= 11 is 0. The number of terminal acetylenes is 1. The molecule has 6 heteroatoms. The van der Waals surface area contributed by atoms with E-state index < -0.39 is 6.04 Å². The number of aromatic nitrogens is 2. The van der Waals surface area contributed by atoms with Crippen LogP contribution in [-0.4, -0.2) is 32.7 Å². The molecule has 2 heterocycles. The molecule has 94 valence electrons. The van der Waals surface area contributed by atoms with E-state index in [4.69, 9.17) is 17.3 Å². The lowest BCUT2D eigenvalue weighted by atomic mass is 10.2. The van der Waals surface area contributed by atoms with Gasteiger partial charge in [-0.25, -0.2) is 4.98 Å². The van der Waals surface area contributed by atoms with Gasteiger partial charge in [-0.3, -0.25) is 0 Å². The molecule has 0 bridgehead atoms. The molecule has 0 spiro atoms. The number of hydrogen-bond donors (Lipinski definition) is 4. The summed E-state index contributed by atoms with van der Waals surface area (Å²) in [4.78, 5) is 4.32. The van der Waals surface area contributed by atoms with Crippen LogP contribution in [0.3, 0.4) is 0 Å². The SMILES string of the molecule is C#C[C@@H](N)c1cn2cc(O)cc(NCCO)c2n1. The Kier molecular flexibility index (Phi) is 3.37. The lowest BCUT2D eigenvalue weighted by Crippen LogP contribution is -2.07. The smallest absolute Gasteiger partial charge is 0.160 e. The standard InChI is InChI=1S/C12H14N4O2/c1-2-9(13)11-7-16-6-8(18)5-10(12(16)15-11)14-3-4-17/h1,5-7,9,14,17-18H,3-4,13H2/t9-/m1/s1. The highest BCUT2D eigenvalue weighted by molar-refractivity contribution is 5.70. The van der Waals surface area contributed by atoms with Crippen LogP contribution in [0.2, 0.25) is 0 Å². The Morgan fingerprint density at radius 2 is 2.33 bits per heavy atom. The number of anilines is 1. The van der Waals surface area contributed by atoms with E-state index >= 15 is 0 Å². The van der Waals surface area contributed by atoms with Crippen molar-refractivity contribution in [1.29, 1.82) is 0 Å². The van der Waals surface area contributed by atoms with Gasteiger partial charge in [-0.1, -0.05) is 5.92 Å². The molecule has 5 N–H and O–H groups in total. The van der Waals surface area contributed by atoms with Crippen LogP contribution in [0.25, 0.3) is 5.65 Å². The number of imidazole rings is 1. The second kappa shape index (κ2) is 4.96. The quantitative estimate of drug-likeness (QED) is 0.573. The van der Waals surface area contributed by atoms with Gasteiger partial charge in [0.25, 0.3) is 0 Å². The van der Waals surface area contributed by atoms with Crippen molar-refractivity contribution >= 4 is 11.3 Å². The van der Waals surface area contributed by atoms with Crippen molar-refractivity contribution in [1.82, 2.24) is 9.38 Å². The Hall–Kier alpha value is -2.23. The fourth-order valence-electron chi connectivity index (χ4n) is 1.66. The third-order valence-electron chi connectivity index (χ3n) is 2.48. The number of pyridine rings is 1. The molecule has 2 rings (SSSR count). The predicted molar refractivity (Wildman–Crippen MR) is 68.2 cm³/mol. The number of nitrogens with one attached hydrogen (secondary N) is 1. The monoisotopic (exact) mass is 246 g/mol. The first kappa shape index (κ1) is 12.2. The van der Waals surface area contributed by atoms with Gasteiger partial charge in [-0.2, -0.15) is 0 Å². The molecule has 2 aromatic heterocycles. The van der Waals surface area contributed by atoms with Crippen LogP contribution in [0, 0.1) is 12.3 Å². The van der Waals surface area contributed by atoms with Crippen molar-refractivity contribution in [3.63, 3.8) is 0 Å². The molecule has 18 heavy (non-hydrogen) atoms. The van der Waals surface area contributed by atoms with Crippen molar-refractivity contribution in [2.75, 3.05) is 18.5 Å². The Balaban J connectivity index is 2.50. The van der Waals surface area contributed by atoms with Crippen molar-refractivity contribution in [2.45, 2.75) is 6.04 Å². The highest BCUT2D eigenvalue weighted by Crippen LogP contribution is 2.23. The van der Waals surface area contributed by atoms with Gasteiger partial charge in [0.15, 0.2) is 5.65 Å². The van der Waals surface area contributed by atoms with Crippen LogP contribution in [0.1, 0.15) is 11.7 Å². The molecule has 1 atom stereocenters. The van der Waals surface area contributed by atoms with Crippen molar-refractivity contribution in [2.24, 2.45) is 5.73 Å². The zero-order chi connectivity index (χ0) is 13.1. The van der Waals surface area contributed by atoms with Crippen molar-refractivity contribution < 1.29 is 10.2 Å². The fourth-order valence-corrected chi connectivity index (χ4v) is 1.66. The van der Waals surface area contributed by atoms with E-state index in [0.29, 0.717) is 23.6 Å². The Morgan fingerprint density at radius 1 is 1.56 bits per heavy atom. The van der Waals surface area contributed by atoms with E-state index in [1.54, 1.807) is 10.6 Å². The zero-order valence-corrected chi connectivity index (χ0v) is 9.67. The first-order chi connectivity index (χ1) is 8.65. The minimum atomic E-state index is -0.585. The van der Waals surface area contributed by atoms with E-state index in [1.165, 1.54) is 12.3 Å². The molecule has 0 radical (unpaired) electrons. The highest BCUT2D eigenvalue weighted by Gasteiger charge is 2.11. The lowest BCUT2D eigenvalue weighted by molar-refractivity contribution is 0.311. The summed E-state index contributed by atoms with van der Waals surface area (Å²) in [7, 11) is 0. The van der Waals surface area contributed by atoms with E-state index in [-0.39, 0.29) is 12.4 Å². The van der Waals surface area contributed by atoms with Gasteiger partial charge >= 0.3 is 0 Å². The summed E-state index contributed by atoms with van der Waals surface area (Å²) in [5.41, 5.74) is 7.47. The minimum Gasteiger partial charge on any atom is -0.506 e.